The predicted molar refractivity (Wildman–Crippen MR) is 55.3 cm³/mol. The molecule has 16 heavy (non-hydrogen) atoms. The van der Waals surface area contributed by atoms with Crippen molar-refractivity contribution in [1.82, 2.24) is 9.78 Å². The van der Waals surface area contributed by atoms with Crippen LogP contribution in [0.25, 0.3) is 0 Å². The van der Waals surface area contributed by atoms with E-state index in [2.05, 4.69) is 5.10 Å². The van der Waals surface area contributed by atoms with Crippen molar-refractivity contribution in [2.45, 2.75) is 38.1 Å². The summed E-state index contributed by atoms with van der Waals surface area (Å²) >= 11 is 0. The second-order valence-corrected chi connectivity index (χ2v) is 6.08. The number of hydrogen-bond donors (Lipinski definition) is 0. The predicted octanol–water partition coefficient (Wildman–Crippen LogP) is 2.64. The minimum atomic E-state index is -4.21. The third-order valence-corrected chi connectivity index (χ3v) is 3.52. The number of halogens is 3. The lowest BCUT2D eigenvalue weighted by atomic mass is 10.3. The summed E-state index contributed by atoms with van der Waals surface area (Å²) in [5.74, 6) is 0. The highest BCUT2D eigenvalue weighted by Gasteiger charge is 2.30. The monoisotopic (exact) mass is 272 g/mol. The zero-order valence-electron chi connectivity index (χ0n) is 8.91. The van der Waals surface area contributed by atoms with Crippen LogP contribution in [0.5, 0.6) is 0 Å². The summed E-state index contributed by atoms with van der Waals surface area (Å²) in [6.45, 7) is 4.81. The number of nitrogens with zero attached hydrogens (tertiary/aromatic N) is 2. The van der Waals surface area contributed by atoms with Crippen molar-refractivity contribution in [3.8, 4) is 0 Å². The fraction of sp³-hybridized carbons (Fsp3) is 0.625. The van der Waals surface area contributed by atoms with Crippen LogP contribution < -0.4 is 0 Å². The van der Waals surface area contributed by atoms with Gasteiger partial charge in [-0.25, -0.2) is 17.2 Å². The molecule has 0 atom stereocenters. The molecule has 0 amide bonds. The maximum atomic E-state index is 12.6. The molecule has 0 aliphatic rings. The van der Waals surface area contributed by atoms with Gasteiger partial charge in [-0.2, -0.15) is 5.10 Å². The van der Waals surface area contributed by atoms with Gasteiger partial charge in [0.25, 0.3) is 15.5 Å². The van der Waals surface area contributed by atoms with Gasteiger partial charge < -0.3 is 0 Å². The molecular formula is C8H11ClF2N2O2S. The number of hydrogen-bond acceptors (Lipinski definition) is 3. The Balaban J connectivity index is 3.57. The first-order chi connectivity index (χ1) is 7.16. The van der Waals surface area contributed by atoms with Crippen LogP contribution in [0.3, 0.4) is 0 Å². The summed E-state index contributed by atoms with van der Waals surface area (Å²) < 4.78 is 48.8. The molecule has 0 fully saturated rings. The highest BCUT2D eigenvalue weighted by atomic mass is 35.7. The molecule has 0 aromatic carbocycles. The Hall–Kier alpha value is -0.690. The molecule has 0 radical (unpaired) electrons. The Kier molecular flexibility index (Phi) is 3.59. The van der Waals surface area contributed by atoms with Crippen LogP contribution in [-0.4, -0.2) is 18.2 Å². The third-order valence-electron chi connectivity index (χ3n) is 2.06. The maximum Gasteiger partial charge on any atom is 0.283 e. The Morgan fingerprint density at radius 1 is 1.38 bits per heavy atom. The van der Waals surface area contributed by atoms with Gasteiger partial charge in [-0.05, 0) is 20.8 Å². The minimum absolute atomic E-state index is 0.125. The summed E-state index contributed by atoms with van der Waals surface area (Å²) in [4.78, 5) is -0.585. The largest absolute Gasteiger partial charge is 0.283 e. The van der Waals surface area contributed by atoms with Gasteiger partial charge in [0.1, 0.15) is 10.6 Å². The van der Waals surface area contributed by atoms with Crippen LogP contribution in [0.2, 0.25) is 0 Å². The summed E-state index contributed by atoms with van der Waals surface area (Å²) in [5, 5.41) is 3.58. The Bertz CT molecular complexity index is 496. The molecule has 0 saturated heterocycles. The molecule has 1 aromatic heterocycles. The van der Waals surface area contributed by atoms with Crippen molar-refractivity contribution in [3.63, 3.8) is 0 Å². The fourth-order valence-electron chi connectivity index (χ4n) is 1.47. The fourth-order valence-corrected chi connectivity index (χ4v) is 2.87. The van der Waals surface area contributed by atoms with Gasteiger partial charge in [-0.3, -0.25) is 4.68 Å². The van der Waals surface area contributed by atoms with Gasteiger partial charge in [0.15, 0.2) is 0 Å². The first kappa shape index (κ1) is 13.4. The van der Waals surface area contributed by atoms with Gasteiger partial charge in [-0.15, -0.1) is 0 Å². The van der Waals surface area contributed by atoms with Crippen molar-refractivity contribution in [2.24, 2.45) is 0 Å². The van der Waals surface area contributed by atoms with Crippen molar-refractivity contribution in [1.29, 1.82) is 0 Å². The summed E-state index contributed by atoms with van der Waals surface area (Å²) in [6.07, 6.45) is -2.97. The van der Waals surface area contributed by atoms with E-state index in [1.165, 1.54) is 11.6 Å². The second-order valence-electron chi connectivity index (χ2n) is 3.58. The smallest absolute Gasteiger partial charge is 0.265 e. The zero-order chi connectivity index (χ0) is 12.7. The van der Waals surface area contributed by atoms with E-state index in [0.29, 0.717) is 0 Å². The van der Waals surface area contributed by atoms with Crippen molar-refractivity contribution >= 4 is 19.7 Å². The first-order valence-corrected chi connectivity index (χ1v) is 6.79. The molecule has 0 N–H and O–H groups in total. The average molecular weight is 273 g/mol. The van der Waals surface area contributed by atoms with Crippen LogP contribution in [0, 0.1) is 6.92 Å². The van der Waals surface area contributed by atoms with Crippen LogP contribution in [-0.2, 0) is 9.05 Å². The summed E-state index contributed by atoms with van der Waals surface area (Å²) in [5.41, 5.74) is -0.665. The van der Waals surface area contributed by atoms with Crippen molar-refractivity contribution in [2.75, 3.05) is 0 Å². The molecule has 0 bridgehead atoms. The van der Waals surface area contributed by atoms with E-state index in [1.54, 1.807) is 13.8 Å². The number of rotatable bonds is 3. The van der Waals surface area contributed by atoms with Gasteiger partial charge in [0.05, 0.1) is 5.69 Å². The van der Waals surface area contributed by atoms with E-state index in [1.807, 2.05) is 0 Å². The molecular weight excluding hydrogens is 262 g/mol. The molecule has 92 valence electrons. The van der Waals surface area contributed by atoms with Crippen LogP contribution in [0.15, 0.2) is 4.90 Å². The molecule has 1 rings (SSSR count). The van der Waals surface area contributed by atoms with Crippen LogP contribution >= 0.6 is 10.7 Å². The quantitative estimate of drug-likeness (QED) is 0.795. The van der Waals surface area contributed by atoms with E-state index in [0.717, 1.165) is 0 Å². The Morgan fingerprint density at radius 3 is 2.12 bits per heavy atom. The Labute approximate surface area is 96.6 Å². The molecule has 8 heteroatoms. The van der Waals surface area contributed by atoms with E-state index in [4.69, 9.17) is 10.7 Å². The normalized spacial score (nSPS) is 12.8. The molecule has 1 heterocycles. The van der Waals surface area contributed by atoms with E-state index < -0.39 is 26.1 Å². The molecule has 0 saturated carbocycles. The first-order valence-electron chi connectivity index (χ1n) is 4.48. The minimum Gasteiger partial charge on any atom is -0.265 e. The van der Waals surface area contributed by atoms with Gasteiger partial charge in [0, 0.05) is 16.7 Å². The highest BCUT2D eigenvalue weighted by Crippen LogP contribution is 2.31. The molecule has 0 spiro atoms. The topological polar surface area (TPSA) is 52.0 Å². The van der Waals surface area contributed by atoms with Crippen LogP contribution in [0.4, 0.5) is 8.78 Å². The van der Waals surface area contributed by atoms with E-state index in [9.17, 15) is 17.2 Å². The third kappa shape index (κ3) is 2.35. The van der Waals surface area contributed by atoms with Gasteiger partial charge in [0.2, 0.25) is 0 Å². The maximum absolute atomic E-state index is 12.6. The number of alkyl halides is 2. The molecule has 0 aliphatic heterocycles. The van der Waals surface area contributed by atoms with E-state index in [-0.39, 0.29) is 11.7 Å². The zero-order valence-corrected chi connectivity index (χ0v) is 10.5. The molecule has 0 unspecified atom stereocenters. The average Bonchev–Trinajstić information content (AvgIpc) is 2.41. The lowest BCUT2D eigenvalue weighted by Crippen LogP contribution is -2.05. The lowest BCUT2D eigenvalue weighted by molar-refractivity contribution is 0.141. The SMILES string of the molecule is Cc1c(S(=O)(=O)Cl)c(C(F)F)nn1C(C)C. The van der Waals surface area contributed by atoms with Gasteiger partial charge in [-0.1, -0.05) is 0 Å². The second kappa shape index (κ2) is 4.29. The molecule has 0 aliphatic carbocycles. The van der Waals surface area contributed by atoms with Crippen molar-refractivity contribution in [3.05, 3.63) is 11.4 Å². The highest BCUT2D eigenvalue weighted by molar-refractivity contribution is 8.13. The van der Waals surface area contributed by atoms with E-state index >= 15 is 0 Å². The van der Waals surface area contributed by atoms with Crippen molar-refractivity contribution < 1.29 is 17.2 Å². The molecule has 4 nitrogen and oxygen atoms in total. The molecule has 1 aromatic rings. The standard InChI is InChI=1S/C8H11ClF2N2O2S/c1-4(2)13-5(3)7(16(9,14)15)6(12-13)8(10)11/h4,8H,1-3H3. The Morgan fingerprint density at radius 2 is 1.88 bits per heavy atom. The van der Waals surface area contributed by atoms with Crippen LogP contribution in [0.1, 0.15) is 37.7 Å². The number of aromatic nitrogens is 2. The summed E-state index contributed by atoms with van der Waals surface area (Å²) in [6, 6.07) is -0.218. The lowest BCUT2D eigenvalue weighted by Gasteiger charge is -2.07. The summed E-state index contributed by atoms with van der Waals surface area (Å²) in [7, 11) is 0.904. The van der Waals surface area contributed by atoms with Gasteiger partial charge >= 0.3 is 0 Å².